The van der Waals surface area contributed by atoms with Gasteiger partial charge in [0.15, 0.2) is 0 Å². The average molecular weight is 388 g/mol. The molecule has 0 bridgehead atoms. The van der Waals surface area contributed by atoms with Crippen molar-refractivity contribution in [3.8, 4) is 0 Å². The molecule has 0 aliphatic carbocycles. The molecule has 0 atom stereocenters. The van der Waals surface area contributed by atoms with E-state index >= 15 is 0 Å². The Bertz CT molecular complexity index is 1100. The molecule has 1 aliphatic rings. The Morgan fingerprint density at radius 2 is 2.07 bits per heavy atom. The lowest BCUT2D eigenvalue weighted by molar-refractivity contribution is -0.145. The fraction of sp³-hybridized carbons (Fsp3) is 0.300. The van der Waals surface area contributed by atoms with E-state index in [0.717, 1.165) is 16.5 Å². The number of nitrogens with one attached hydrogen (secondary N) is 1. The topological polar surface area (TPSA) is 53.9 Å². The first kappa shape index (κ1) is 18.5. The molecule has 0 amide bonds. The normalized spacial score (nSPS) is 15.0. The number of para-hydroxylation sites is 1. The molecule has 0 saturated heterocycles. The van der Waals surface area contributed by atoms with Crippen LogP contribution in [0.15, 0.2) is 47.9 Å². The zero-order valence-electron chi connectivity index (χ0n) is 15.1. The summed E-state index contributed by atoms with van der Waals surface area (Å²) >= 11 is 0. The largest absolute Gasteiger partial charge is 0.449 e. The van der Waals surface area contributed by atoms with Crippen molar-refractivity contribution in [1.29, 1.82) is 0 Å². The van der Waals surface area contributed by atoms with Crippen molar-refractivity contribution in [2.75, 3.05) is 6.54 Å². The minimum absolute atomic E-state index is 0.237. The molecule has 1 N–H and O–H groups in total. The molecule has 28 heavy (non-hydrogen) atoms. The van der Waals surface area contributed by atoms with E-state index in [-0.39, 0.29) is 12.2 Å². The number of hydrogen-bond acceptors (Lipinski definition) is 3. The lowest BCUT2D eigenvalue weighted by Crippen LogP contribution is -2.36. The van der Waals surface area contributed by atoms with Crippen LogP contribution in [0.4, 0.5) is 13.2 Å². The van der Waals surface area contributed by atoms with Gasteiger partial charge in [-0.1, -0.05) is 24.3 Å². The van der Waals surface area contributed by atoms with E-state index < -0.39 is 17.6 Å². The van der Waals surface area contributed by atoms with Gasteiger partial charge in [-0.25, -0.2) is 4.98 Å². The average Bonchev–Trinajstić information content (AvgIpc) is 2.99. The number of H-pyrrole nitrogens is 1. The fourth-order valence-corrected chi connectivity index (χ4v) is 3.73. The van der Waals surface area contributed by atoms with Crippen molar-refractivity contribution >= 4 is 10.9 Å². The predicted octanol–water partition coefficient (Wildman–Crippen LogP) is 3.49. The van der Waals surface area contributed by atoms with Crippen LogP contribution in [-0.2, 0) is 32.2 Å². The zero-order chi connectivity index (χ0) is 19.9. The van der Waals surface area contributed by atoms with Crippen LogP contribution in [-0.4, -0.2) is 26.0 Å². The monoisotopic (exact) mass is 388 g/mol. The highest BCUT2D eigenvalue weighted by atomic mass is 19.4. The van der Waals surface area contributed by atoms with Gasteiger partial charge in [0.1, 0.15) is 0 Å². The summed E-state index contributed by atoms with van der Waals surface area (Å²) < 4.78 is 40.7. The van der Waals surface area contributed by atoms with Gasteiger partial charge in [-0.2, -0.15) is 13.2 Å². The van der Waals surface area contributed by atoms with E-state index in [1.54, 1.807) is 0 Å². The Labute approximate surface area is 159 Å². The van der Waals surface area contributed by atoms with Crippen LogP contribution >= 0.6 is 0 Å². The van der Waals surface area contributed by atoms with Crippen LogP contribution in [0.2, 0.25) is 0 Å². The van der Waals surface area contributed by atoms with Crippen molar-refractivity contribution in [2.45, 2.75) is 32.2 Å². The first-order valence-electron chi connectivity index (χ1n) is 8.96. The molecular weight excluding hydrogens is 369 g/mol. The van der Waals surface area contributed by atoms with Gasteiger partial charge in [-0.3, -0.25) is 9.69 Å². The molecule has 1 aromatic carbocycles. The summed E-state index contributed by atoms with van der Waals surface area (Å²) in [7, 11) is 0. The van der Waals surface area contributed by atoms with Gasteiger partial charge in [0, 0.05) is 49.7 Å². The maximum Gasteiger partial charge on any atom is 0.449 e. The molecule has 0 spiro atoms. The fourth-order valence-electron chi connectivity index (χ4n) is 3.73. The first-order chi connectivity index (χ1) is 13.4. The number of fused-ring (bicyclic) bond motifs is 2. The number of alkyl halides is 3. The smallest absolute Gasteiger partial charge is 0.343 e. The van der Waals surface area contributed by atoms with Gasteiger partial charge in [0.05, 0.1) is 11.3 Å². The Hall–Kier alpha value is -2.87. The lowest BCUT2D eigenvalue weighted by atomic mass is 10.1. The number of aromatic nitrogens is 3. The highest BCUT2D eigenvalue weighted by molar-refractivity contribution is 5.84. The number of rotatable bonds is 4. The molecule has 1 aliphatic heterocycles. The van der Waals surface area contributed by atoms with Gasteiger partial charge >= 0.3 is 6.18 Å². The number of hydrogen-bond donors (Lipinski definition) is 1. The van der Waals surface area contributed by atoms with Gasteiger partial charge in [0.25, 0.3) is 5.56 Å². The van der Waals surface area contributed by atoms with Gasteiger partial charge in [-0.15, -0.1) is 6.58 Å². The molecule has 0 fully saturated rings. The number of aromatic amines is 1. The highest BCUT2D eigenvalue weighted by Crippen LogP contribution is 2.28. The second-order valence-corrected chi connectivity index (χ2v) is 6.91. The molecule has 2 aromatic heterocycles. The van der Waals surface area contributed by atoms with Crippen LogP contribution in [0, 0.1) is 0 Å². The van der Waals surface area contributed by atoms with E-state index in [0.29, 0.717) is 31.6 Å². The number of allylic oxidation sites excluding steroid dienone is 1. The first-order valence-corrected chi connectivity index (χ1v) is 8.96. The molecule has 0 unspecified atom stereocenters. The Balaban J connectivity index is 1.62. The zero-order valence-corrected chi connectivity index (χ0v) is 15.1. The molecule has 0 saturated carbocycles. The molecule has 4 rings (SSSR count). The Morgan fingerprint density at radius 3 is 2.82 bits per heavy atom. The van der Waals surface area contributed by atoms with Crippen LogP contribution in [0.5, 0.6) is 0 Å². The van der Waals surface area contributed by atoms with Crippen LogP contribution in [0.3, 0.4) is 0 Å². The maximum atomic E-state index is 12.9. The summed E-state index contributed by atoms with van der Waals surface area (Å²) in [5.74, 6) is -1.22. The van der Waals surface area contributed by atoms with Crippen molar-refractivity contribution in [2.24, 2.45) is 0 Å². The predicted molar refractivity (Wildman–Crippen MR) is 99.8 cm³/mol. The summed E-state index contributed by atoms with van der Waals surface area (Å²) in [4.78, 5) is 19.8. The third-order valence-electron chi connectivity index (χ3n) is 5.01. The van der Waals surface area contributed by atoms with E-state index in [1.165, 1.54) is 0 Å². The van der Waals surface area contributed by atoms with Gasteiger partial charge in [-0.05, 0) is 11.6 Å². The van der Waals surface area contributed by atoms with E-state index in [4.69, 9.17) is 0 Å². The quantitative estimate of drug-likeness (QED) is 0.696. The molecule has 5 nitrogen and oxygen atoms in total. The summed E-state index contributed by atoms with van der Waals surface area (Å²) in [6.45, 7) is 5.90. The summed E-state index contributed by atoms with van der Waals surface area (Å²) in [6, 6.07) is 8.04. The molecular formula is C20H19F3N4O. The Kier molecular flexibility index (Phi) is 4.58. The number of benzene rings is 1. The minimum atomic E-state index is -4.65. The molecule has 8 heteroatoms. The van der Waals surface area contributed by atoms with E-state index in [9.17, 15) is 18.0 Å². The van der Waals surface area contributed by atoms with Crippen molar-refractivity contribution in [3.63, 3.8) is 0 Å². The number of halogens is 3. The lowest BCUT2D eigenvalue weighted by Gasteiger charge is -2.27. The molecule has 0 radical (unpaired) electrons. The summed E-state index contributed by atoms with van der Waals surface area (Å²) in [6.07, 6.45) is -0.445. The maximum absolute atomic E-state index is 12.9. The molecule has 3 aromatic rings. The second kappa shape index (κ2) is 6.94. The van der Waals surface area contributed by atoms with Crippen molar-refractivity contribution in [1.82, 2.24) is 19.4 Å². The SMILES string of the molecule is C=CCn1cc(CN2CCc3nc(C(F)(F)F)[nH]c(=O)c3C2)c2ccccc21. The van der Waals surface area contributed by atoms with Crippen LogP contribution in [0.25, 0.3) is 10.9 Å². The third kappa shape index (κ3) is 3.35. The van der Waals surface area contributed by atoms with Crippen LogP contribution < -0.4 is 5.56 Å². The highest BCUT2D eigenvalue weighted by Gasteiger charge is 2.36. The minimum Gasteiger partial charge on any atom is -0.343 e. The summed E-state index contributed by atoms with van der Waals surface area (Å²) in [5.41, 5.74) is 2.05. The third-order valence-corrected chi connectivity index (χ3v) is 5.01. The summed E-state index contributed by atoms with van der Waals surface area (Å²) in [5, 5.41) is 1.12. The van der Waals surface area contributed by atoms with Crippen molar-refractivity contribution in [3.05, 3.63) is 76.1 Å². The van der Waals surface area contributed by atoms with E-state index in [2.05, 4.69) is 27.2 Å². The molecule has 3 heterocycles. The van der Waals surface area contributed by atoms with Crippen LogP contribution in [0.1, 0.15) is 22.6 Å². The molecule has 146 valence electrons. The van der Waals surface area contributed by atoms with E-state index in [1.807, 2.05) is 35.3 Å². The standard InChI is InChI=1S/C20H19F3N4O/c1-2-8-27-11-13(14-5-3-4-6-17(14)27)10-26-9-7-16-15(12-26)18(28)25-19(24-16)20(21,22)23/h2-6,11H,1,7-10,12H2,(H,24,25,28). The van der Waals surface area contributed by atoms with Crippen molar-refractivity contribution < 1.29 is 13.2 Å². The number of nitrogens with zero attached hydrogens (tertiary/aromatic N) is 3. The second-order valence-electron chi connectivity index (χ2n) is 6.91. The van der Waals surface area contributed by atoms with Gasteiger partial charge in [0.2, 0.25) is 5.82 Å². The van der Waals surface area contributed by atoms with Gasteiger partial charge < -0.3 is 9.55 Å². The Morgan fingerprint density at radius 1 is 1.29 bits per heavy atom.